The maximum Gasteiger partial charge on any atom is 0.310 e. The monoisotopic (exact) mass is 647 g/mol. The van der Waals surface area contributed by atoms with Crippen LogP contribution in [0, 0.1) is 13.0 Å². The molecular formula is C21H15ClFN5O10S3. The Morgan fingerprint density at radius 2 is 1.71 bits per heavy atom. The summed E-state index contributed by atoms with van der Waals surface area (Å²) in [5.74, 6) is -1.09. The van der Waals surface area contributed by atoms with Crippen molar-refractivity contribution in [2.45, 2.75) is 21.6 Å². The molecule has 0 bridgehead atoms. The summed E-state index contributed by atoms with van der Waals surface area (Å²) in [6, 6.07) is 8.02. The lowest BCUT2D eigenvalue weighted by Gasteiger charge is -2.16. The van der Waals surface area contributed by atoms with Crippen LogP contribution in [0.1, 0.15) is 5.69 Å². The first kappa shape index (κ1) is 30.4. The molecule has 3 aromatic carbocycles. The molecule has 0 saturated carbocycles. The van der Waals surface area contributed by atoms with Crippen LogP contribution in [0.4, 0.5) is 27.3 Å². The van der Waals surface area contributed by atoms with E-state index in [0.717, 1.165) is 24.3 Å². The molecule has 216 valence electrons. The average molecular weight is 648 g/mol. The van der Waals surface area contributed by atoms with Gasteiger partial charge in [0.2, 0.25) is 0 Å². The Morgan fingerprint density at radius 3 is 2.37 bits per heavy atom. The first-order valence-corrected chi connectivity index (χ1v) is 14.6. The molecule has 15 nitrogen and oxygen atoms in total. The number of halogens is 2. The van der Waals surface area contributed by atoms with Crippen molar-refractivity contribution in [3.8, 4) is 5.75 Å². The number of hydrogen-bond acceptors (Lipinski definition) is 14. The second-order valence-electron chi connectivity index (χ2n) is 7.82. The minimum atomic E-state index is -4.91. The number of hydrogen-bond donors (Lipinski definition) is 5. The normalized spacial score (nSPS) is 12.3. The van der Waals surface area contributed by atoms with Gasteiger partial charge in [-0.1, -0.05) is 28.8 Å². The second-order valence-corrected chi connectivity index (χ2v) is 11.7. The van der Waals surface area contributed by atoms with Crippen molar-refractivity contribution < 1.29 is 50.1 Å². The van der Waals surface area contributed by atoms with Crippen LogP contribution in [0.2, 0.25) is 5.02 Å². The molecule has 0 unspecified atom stereocenters. The van der Waals surface area contributed by atoms with Gasteiger partial charge < -0.3 is 10.4 Å². The number of azo groups is 1. The summed E-state index contributed by atoms with van der Waals surface area (Å²) in [7, 11) is -9.65. The van der Waals surface area contributed by atoms with Crippen LogP contribution < -0.4 is 5.32 Å². The first-order chi connectivity index (χ1) is 19.2. The van der Waals surface area contributed by atoms with Crippen molar-refractivity contribution in [2.75, 3.05) is 5.32 Å². The number of benzene rings is 3. The number of aromatic hydroxyl groups is 1. The Hall–Kier alpha value is -3.53. The van der Waals surface area contributed by atoms with Crippen LogP contribution in [0.25, 0.3) is 10.8 Å². The predicted octanol–water partition coefficient (Wildman–Crippen LogP) is 5.52. The average Bonchev–Trinajstić information content (AvgIpc) is 2.88. The van der Waals surface area contributed by atoms with E-state index >= 15 is 0 Å². The molecule has 0 atom stereocenters. The largest absolute Gasteiger partial charge is 0.505 e. The number of phenolic OH excluding ortho intramolecular Hbond substituents is 1. The van der Waals surface area contributed by atoms with E-state index in [1.165, 1.54) is 25.1 Å². The highest BCUT2D eigenvalue weighted by molar-refractivity contribution is 7.94. The van der Waals surface area contributed by atoms with Gasteiger partial charge in [0.05, 0.1) is 33.7 Å². The summed E-state index contributed by atoms with van der Waals surface area (Å²) in [6.45, 7) is 1.39. The number of aryl methyl sites for hydroxylation is 1. The highest BCUT2D eigenvalue weighted by Crippen LogP contribution is 2.48. The highest BCUT2D eigenvalue weighted by Gasteiger charge is 2.25. The molecule has 0 amide bonds. The Labute approximate surface area is 239 Å². The van der Waals surface area contributed by atoms with Gasteiger partial charge in [-0.15, -0.1) is 14.6 Å². The van der Waals surface area contributed by atoms with Gasteiger partial charge in [0.15, 0.2) is 11.6 Å². The van der Waals surface area contributed by atoms with Gasteiger partial charge in [-0.3, -0.25) is 9.11 Å². The number of anilines is 2. The fraction of sp³-hybridized carbons (Fsp3) is 0.0476. The molecule has 0 aliphatic rings. The summed E-state index contributed by atoms with van der Waals surface area (Å²) in [5, 5.41) is 33.0. The lowest BCUT2D eigenvalue weighted by Crippen LogP contribution is -2.04. The molecule has 0 aliphatic heterocycles. The molecule has 0 aliphatic carbocycles. The SMILES string of the molecule is Cc1nc(F)nc(Nc2ccc(S(=O)(=O)O)c3cc(SOOO)c(N=Nc4ccccc4S(=O)(=O)O)c(O)c23)c1Cl. The maximum absolute atomic E-state index is 13.9. The standard InChI is InChI=1S/C21H15ClFN5O10S3/c1-9-17(22)20(26-21(23)24-9)25-12-6-7-14(40(31,32)33)10-8-13(39-38-37-30)18(19(29)16(10)12)28-27-11-4-2-3-5-15(11)41(34,35)36/h2-8,29-30H,1H3,(H,24,25,26)(H,31,32,33)(H,34,35,36). The van der Waals surface area contributed by atoms with Crippen LogP contribution in [0.15, 0.2) is 67.4 Å². The maximum atomic E-state index is 13.9. The summed E-state index contributed by atoms with van der Waals surface area (Å²) in [5.41, 5.74) is -0.906. The summed E-state index contributed by atoms with van der Waals surface area (Å²) < 4.78 is 85.4. The highest BCUT2D eigenvalue weighted by atomic mass is 35.5. The number of rotatable bonds is 9. The molecule has 20 heteroatoms. The number of fused-ring (bicyclic) bond motifs is 1. The van der Waals surface area contributed by atoms with Crippen molar-refractivity contribution in [2.24, 2.45) is 10.2 Å². The van der Waals surface area contributed by atoms with Crippen LogP contribution >= 0.6 is 23.6 Å². The Morgan fingerprint density at radius 1 is 1.02 bits per heavy atom. The molecule has 4 aromatic rings. The predicted molar refractivity (Wildman–Crippen MR) is 142 cm³/mol. The van der Waals surface area contributed by atoms with E-state index in [9.17, 15) is 35.4 Å². The van der Waals surface area contributed by atoms with E-state index < -0.39 is 47.5 Å². The fourth-order valence-electron chi connectivity index (χ4n) is 3.57. The van der Waals surface area contributed by atoms with Crippen LogP contribution in [-0.2, 0) is 29.6 Å². The van der Waals surface area contributed by atoms with Crippen molar-refractivity contribution in [1.29, 1.82) is 0 Å². The summed E-state index contributed by atoms with van der Waals surface area (Å²) >= 11 is 6.39. The van der Waals surface area contributed by atoms with Gasteiger partial charge >= 0.3 is 6.08 Å². The summed E-state index contributed by atoms with van der Waals surface area (Å²) in [4.78, 5) is 5.46. The first-order valence-electron chi connectivity index (χ1n) is 10.6. The fourth-order valence-corrected chi connectivity index (χ4v) is 5.49. The van der Waals surface area contributed by atoms with Crippen LogP contribution in [-0.4, -0.2) is 46.3 Å². The van der Waals surface area contributed by atoms with Gasteiger partial charge in [-0.25, -0.2) is 10.2 Å². The van der Waals surface area contributed by atoms with E-state index in [4.69, 9.17) is 16.9 Å². The van der Waals surface area contributed by atoms with Crippen LogP contribution in [0.5, 0.6) is 5.75 Å². The quantitative estimate of drug-likeness (QED) is 0.0376. The van der Waals surface area contributed by atoms with Crippen LogP contribution in [0.3, 0.4) is 0 Å². The van der Waals surface area contributed by atoms with Crippen molar-refractivity contribution in [3.63, 3.8) is 0 Å². The van der Waals surface area contributed by atoms with E-state index in [1.807, 2.05) is 0 Å². The molecule has 5 N–H and O–H groups in total. The van der Waals surface area contributed by atoms with Gasteiger partial charge in [0, 0.05) is 5.39 Å². The van der Waals surface area contributed by atoms with E-state index in [2.05, 4.69) is 34.9 Å². The van der Waals surface area contributed by atoms with Gasteiger partial charge in [0.25, 0.3) is 20.2 Å². The molecule has 0 spiro atoms. The van der Waals surface area contributed by atoms with Crippen molar-refractivity contribution >= 4 is 77.5 Å². The molecule has 0 saturated heterocycles. The van der Waals surface area contributed by atoms with Gasteiger partial charge in [-0.2, -0.15) is 26.2 Å². The van der Waals surface area contributed by atoms with E-state index in [0.29, 0.717) is 0 Å². The molecule has 4 rings (SSSR count). The van der Waals surface area contributed by atoms with Gasteiger partial charge in [0.1, 0.15) is 26.2 Å². The number of phenols is 1. The molecule has 1 heterocycles. The number of aromatic nitrogens is 2. The zero-order valence-corrected chi connectivity index (χ0v) is 23.3. The molecule has 0 radical (unpaired) electrons. The Balaban J connectivity index is 2.03. The Kier molecular flexibility index (Phi) is 8.73. The van der Waals surface area contributed by atoms with Crippen molar-refractivity contribution in [1.82, 2.24) is 9.97 Å². The van der Waals surface area contributed by atoms with E-state index in [1.54, 1.807) is 0 Å². The summed E-state index contributed by atoms with van der Waals surface area (Å²) in [6.07, 6.45) is -1.15. The molecule has 1 aromatic heterocycles. The smallest absolute Gasteiger partial charge is 0.310 e. The lowest BCUT2D eigenvalue weighted by molar-refractivity contribution is -0.432. The zero-order valence-electron chi connectivity index (χ0n) is 20.0. The lowest BCUT2D eigenvalue weighted by atomic mass is 10.1. The Bertz CT molecular complexity index is 1930. The number of nitrogens with one attached hydrogen (secondary N) is 1. The zero-order chi connectivity index (χ0) is 30.1. The minimum Gasteiger partial charge on any atom is -0.505 e. The minimum absolute atomic E-state index is 0.0524. The molecular weight excluding hydrogens is 633 g/mol. The second kappa shape index (κ2) is 11.8. The topological polar surface area (TPSA) is 230 Å². The number of nitrogens with zero attached hydrogens (tertiary/aromatic N) is 4. The third kappa shape index (κ3) is 6.53. The van der Waals surface area contributed by atoms with E-state index in [-0.39, 0.29) is 55.6 Å². The third-order valence-electron chi connectivity index (χ3n) is 5.25. The molecule has 41 heavy (non-hydrogen) atoms. The van der Waals surface area contributed by atoms with Crippen molar-refractivity contribution in [3.05, 3.63) is 59.3 Å². The van der Waals surface area contributed by atoms with Gasteiger partial charge in [-0.05, 0) is 37.3 Å². The molecule has 0 fully saturated rings. The third-order valence-corrected chi connectivity index (χ3v) is 8.14.